The van der Waals surface area contributed by atoms with Crippen molar-refractivity contribution in [3.8, 4) is 0 Å². The van der Waals surface area contributed by atoms with Gasteiger partial charge in [0.05, 0.1) is 25.2 Å². The zero-order valence-corrected chi connectivity index (χ0v) is 14.1. The number of thiophene rings is 1. The van der Waals surface area contributed by atoms with Crippen LogP contribution in [-0.4, -0.2) is 49.3 Å². The van der Waals surface area contributed by atoms with Crippen LogP contribution in [0.2, 0.25) is 0 Å². The number of amides is 1. The lowest BCUT2D eigenvalue weighted by Crippen LogP contribution is -2.46. The van der Waals surface area contributed by atoms with Crippen LogP contribution in [-0.2, 0) is 20.7 Å². The van der Waals surface area contributed by atoms with Gasteiger partial charge in [0, 0.05) is 18.4 Å². The molecule has 1 aromatic carbocycles. The normalized spacial score (nSPS) is 27.3. The van der Waals surface area contributed by atoms with Gasteiger partial charge in [-0.15, -0.1) is 11.3 Å². The quantitative estimate of drug-likeness (QED) is 0.868. The molecule has 2 bridgehead atoms. The second-order valence-corrected chi connectivity index (χ2v) is 7.19. The number of hydrogen-bond acceptors (Lipinski definition) is 4. The molecular weight excluding hydrogens is 310 g/mol. The van der Waals surface area contributed by atoms with Gasteiger partial charge < -0.3 is 14.4 Å². The minimum absolute atomic E-state index is 0.0145. The van der Waals surface area contributed by atoms with Gasteiger partial charge in [0.2, 0.25) is 5.91 Å². The first kappa shape index (κ1) is 15.1. The molecule has 1 amide bonds. The van der Waals surface area contributed by atoms with E-state index in [1.165, 1.54) is 10.1 Å². The van der Waals surface area contributed by atoms with Crippen molar-refractivity contribution in [2.75, 3.05) is 20.3 Å². The van der Waals surface area contributed by atoms with E-state index >= 15 is 0 Å². The summed E-state index contributed by atoms with van der Waals surface area (Å²) < 4.78 is 12.7. The van der Waals surface area contributed by atoms with Crippen molar-refractivity contribution in [2.45, 2.75) is 37.5 Å². The maximum absolute atomic E-state index is 12.9. The number of carbonyl (C=O) groups is 1. The minimum Gasteiger partial charge on any atom is -0.377 e. The van der Waals surface area contributed by atoms with Gasteiger partial charge in [-0.3, -0.25) is 4.79 Å². The first-order valence-electron chi connectivity index (χ1n) is 8.17. The molecule has 1 aromatic heterocycles. The smallest absolute Gasteiger partial charge is 0.227 e. The summed E-state index contributed by atoms with van der Waals surface area (Å²) in [6.07, 6.45) is 2.57. The molecule has 0 radical (unpaired) electrons. The molecule has 1 aliphatic heterocycles. The number of methoxy groups -OCH3 is 1. The summed E-state index contributed by atoms with van der Waals surface area (Å²) in [5, 5.41) is 3.31. The number of carbonyl (C=O) groups excluding carboxylic acids is 1. The summed E-state index contributed by atoms with van der Waals surface area (Å²) in [4.78, 5) is 14.9. The lowest BCUT2D eigenvalue weighted by molar-refractivity contribution is -0.134. The van der Waals surface area contributed by atoms with Crippen molar-refractivity contribution in [2.24, 2.45) is 0 Å². The standard InChI is InChI=1S/C18H21NO3S/c1-21-18-14-6-7-15(18)22-9-8-19(14)17(20)10-12-11-23-16-5-3-2-4-13(12)16/h2-5,11,14-15,18H,6-10H2,1H3/t14-,15-,18+/m1/s1. The van der Waals surface area contributed by atoms with Crippen LogP contribution in [0.3, 0.4) is 0 Å². The Morgan fingerprint density at radius 1 is 1.39 bits per heavy atom. The topological polar surface area (TPSA) is 38.8 Å². The third-order valence-electron chi connectivity index (χ3n) is 5.05. The Morgan fingerprint density at radius 2 is 2.26 bits per heavy atom. The fourth-order valence-corrected chi connectivity index (χ4v) is 4.91. The lowest BCUT2D eigenvalue weighted by atomic mass is 10.1. The van der Waals surface area contributed by atoms with Crippen molar-refractivity contribution in [1.29, 1.82) is 0 Å². The molecule has 2 heterocycles. The first-order valence-corrected chi connectivity index (χ1v) is 9.05. The number of nitrogens with zero attached hydrogens (tertiary/aromatic N) is 1. The molecule has 4 rings (SSSR count). The predicted octanol–water partition coefficient (Wildman–Crippen LogP) is 2.85. The first-order chi connectivity index (χ1) is 11.3. The maximum Gasteiger partial charge on any atom is 0.227 e. The molecule has 0 spiro atoms. The molecule has 4 nitrogen and oxygen atoms in total. The fraction of sp³-hybridized carbons (Fsp3) is 0.500. The van der Waals surface area contributed by atoms with Crippen LogP contribution in [0, 0.1) is 0 Å². The minimum atomic E-state index is 0.0145. The van der Waals surface area contributed by atoms with Gasteiger partial charge in [0.25, 0.3) is 0 Å². The van der Waals surface area contributed by atoms with Crippen LogP contribution >= 0.6 is 11.3 Å². The van der Waals surface area contributed by atoms with E-state index in [2.05, 4.69) is 17.5 Å². The largest absolute Gasteiger partial charge is 0.377 e. The van der Waals surface area contributed by atoms with E-state index in [1.807, 2.05) is 17.0 Å². The lowest BCUT2D eigenvalue weighted by Gasteiger charge is -2.30. The molecule has 23 heavy (non-hydrogen) atoms. The monoisotopic (exact) mass is 331 g/mol. The van der Waals surface area contributed by atoms with Gasteiger partial charge in [-0.05, 0) is 35.2 Å². The summed E-state index contributed by atoms with van der Waals surface area (Å²) in [6.45, 7) is 1.28. The van der Waals surface area contributed by atoms with E-state index in [9.17, 15) is 4.79 Å². The van der Waals surface area contributed by atoms with E-state index in [4.69, 9.17) is 9.47 Å². The highest BCUT2D eigenvalue weighted by Crippen LogP contribution is 2.33. The molecule has 1 saturated heterocycles. The molecule has 1 saturated carbocycles. The van der Waals surface area contributed by atoms with E-state index in [0.29, 0.717) is 19.6 Å². The SMILES string of the molecule is CO[C@H]1[C@H]2CC[C@H]1OCCN2C(=O)Cc1csc2ccccc12. The van der Waals surface area contributed by atoms with Gasteiger partial charge in [-0.1, -0.05) is 18.2 Å². The number of hydrogen-bond donors (Lipinski definition) is 0. The van der Waals surface area contributed by atoms with E-state index < -0.39 is 0 Å². The van der Waals surface area contributed by atoms with Crippen molar-refractivity contribution in [3.05, 3.63) is 35.2 Å². The summed E-state index contributed by atoms with van der Waals surface area (Å²) in [5.41, 5.74) is 1.13. The summed E-state index contributed by atoms with van der Waals surface area (Å²) >= 11 is 1.71. The Kier molecular flexibility index (Phi) is 4.09. The Bertz CT molecular complexity index is 713. The number of rotatable bonds is 3. The predicted molar refractivity (Wildman–Crippen MR) is 90.8 cm³/mol. The molecule has 2 fully saturated rings. The van der Waals surface area contributed by atoms with Crippen LogP contribution in [0.4, 0.5) is 0 Å². The van der Waals surface area contributed by atoms with Crippen molar-refractivity contribution in [1.82, 2.24) is 4.90 Å². The van der Waals surface area contributed by atoms with Gasteiger partial charge in [0.15, 0.2) is 0 Å². The number of benzene rings is 1. The highest BCUT2D eigenvalue weighted by Gasteiger charge is 2.44. The Labute approximate surface area is 140 Å². The van der Waals surface area contributed by atoms with Crippen LogP contribution < -0.4 is 0 Å². The van der Waals surface area contributed by atoms with Crippen molar-refractivity contribution < 1.29 is 14.3 Å². The molecule has 2 aliphatic rings. The number of ether oxygens (including phenoxy) is 2. The molecule has 3 atom stereocenters. The van der Waals surface area contributed by atoms with Crippen LogP contribution in [0.1, 0.15) is 18.4 Å². The Hall–Kier alpha value is -1.43. The van der Waals surface area contributed by atoms with E-state index in [1.54, 1.807) is 18.4 Å². The third kappa shape index (κ3) is 2.67. The molecule has 0 N–H and O–H groups in total. The van der Waals surface area contributed by atoms with Gasteiger partial charge in [-0.25, -0.2) is 0 Å². The summed E-state index contributed by atoms with van der Waals surface area (Å²) in [7, 11) is 1.72. The van der Waals surface area contributed by atoms with Crippen molar-refractivity contribution >= 4 is 27.3 Å². The average molecular weight is 331 g/mol. The van der Waals surface area contributed by atoms with Crippen LogP contribution in [0.15, 0.2) is 29.6 Å². The Balaban J connectivity index is 1.56. The van der Waals surface area contributed by atoms with E-state index in [-0.39, 0.29) is 24.2 Å². The fourth-order valence-electron chi connectivity index (χ4n) is 3.94. The zero-order valence-electron chi connectivity index (χ0n) is 13.2. The maximum atomic E-state index is 12.9. The number of fused-ring (bicyclic) bond motifs is 3. The van der Waals surface area contributed by atoms with Crippen LogP contribution in [0.25, 0.3) is 10.1 Å². The van der Waals surface area contributed by atoms with E-state index in [0.717, 1.165) is 18.4 Å². The highest BCUT2D eigenvalue weighted by molar-refractivity contribution is 7.17. The highest BCUT2D eigenvalue weighted by atomic mass is 32.1. The summed E-state index contributed by atoms with van der Waals surface area (Å²) in [5.74, 6) is 0.187. The molecule has 5 heteroatoms. The van der Waals surface area contributed by atoms with Crippen molar-refractivity contribution in [3.63, 3.8) is 0 Å². The third-order valence-corrected chi connectivity index (χ3v) is 6.06. The zero-order chi connectivity index (χ0) is 15.8. The summed E-state index contributed by atoms with van der Waals surface area (Å²) in [6, 6.07) is 8.44. The second-order valence-electron chi connectivity index (χ2n) is 6.28. The van der Waals surface area contributed by atoms with Crippen LogP contribution in [0.5, 0.6) is 0 Å². The molecule has 122 valence electrons. The molecular formula is C18H21NO3S. The van der Waals surface area contributed by atoms with Gasteiger partial charge in [0.1, 0.15) is 6.10 Å². The van der Waals surface area contributed by atoms with Gasteiger partial charge in [-0.2, -0.15) is 0 Å². The van der Waals surface area contributed by atoms with Gasteiger partial charge >= 0.3 is 0 Å². The molecule has 2 aromatic rings. The second kappa shape index (κ2) is 6.23. The average Bonchev–Trinajstić information content (AvgIpc) is 3.08. The molecule has 0 unspecified atom stereocenters. The molecule has 1 aliphatic carbocycles. The Morgan fingerprint density at radius 3 is 3.13 bits per heavy atom.